The van der Waals surface area contributed by atoms with Gasteiger partial charge in [0.05, 0.1) is 0 Å². The van der Waals surface area contributed by atoms with Gasteiger partial charge < -0.3 is 15.8 Å². The van der Waals surface area contributed by atoms with E-state index < -0.39 is 11.9 Å². The lowest BCUT2D eigenvalue weighted by Crippen LogP contribution is -2.36. The summed E-state index contributed by atoms with van der Waals surface area (Å²) in [5.41, 5.74) is 5.74. The third-order valence-electron chi connectivity index (χ3n) is 2.46. The normalized spacial score (nSPS) is 11.9. The zero-order valence-electron chi connectivity index (χ0n) is 10.7. The van der Waals surface area contributed by atoms with E-state index in [0.717, 1.165) is 18.9 Å². The molecule has 1 aromatic rings. The Morgan fingerprint density at radius 1 is 1.56 bits per heavy atom. The van der Waals surface area contributed by atoms with Crippen LogP contribution in [-0.2, 0) is 4.79 Å². The minimum atomic E-state index is -0.736. The van der Waals surface area contributed by atoms with Gasteiger partial charge in [0.15, 0.2) is 17.7 Å². The number of rotatable bonds is 6. The molecule has 3 N–H and O–H groups in total. The molecule has 0 spiro atoms. The number of anilines is 1. The van der Waals surface area contributed by atoms with E-state index in [2.05, 4.69) is 5.32 Å². The minimum Gasteiger partial charge on any atom is -0.478 e. The molecule has 0 aromatic heterocycles. The van der Waals surface area contributed by atoms with E-state index in [-0.39, 0.29) is 11.7 Å². The van der Waals surface area contributed by atoms with Gasteiger partial charge >= 0.3 is 0 Å². The van der Waals surface area contributed by atoms with Gasteiger partial charge in [0, 0.05) is 18.3 Å². The van der Waals surface area contributed by atoms with Crippen LogP contribution in [-0.4, -0.2) is 18.6 Å². The van der Waals surface area contributed by atoms with Gasteiger partial charge in [-0.2, -0.15) is 0 Å². The standard InChI is InChI=1S/C13H19FN2O2/c1-3-4-7-16-13(17)9(2)18-12-6-5-10(15)8-11(12)14/h5-6,8-9H,3-4,7,15H2,1-2H3,(H,16,17). The predicted molar refractivity (Wildman–Crippen MR) is 68.8 cm³/mol. The summed E-state index contributed by atoms with van der Waals surface area (Å²) in [6.45, 7) is 4.22. The van der Waals surface area contributed by atoms with E-state index in [1.54, 1.807) is 6.92 Å². The lowest BCUT2D eigenvalue weighted by Gasteiger charge is -2.15. The van der Waals surface area contributed by atoms with E-state index in [1.165, 1.54) is 12.1 Å². The zero-order valence-corrected chi connectivity index (χ0v) is 10.7. The molecule has 1 atom stereocenters. The molecule has 0 saturated carbocycles. The highest BCUT2D eigenvalue weighted by Gasteiger charge is 2.15. The molecule has 0 bridgehead atoms. The molecular weight excluding hydrogens is 235 g/mol. The van der Waals surface area contributed by atoms with Gasteiger partial charge in [0.2, 0.25) is 0 Å². The fourth-order valence-electron chi connectivity index (χ4n) is 1.39. The SMILES string of the molecule is CCCCNC(=O)C(C)Oc1ccc(N)cc1F. The summed E-state index contributed by atoms with van der Waals surface area (Å²) in [6.07, 6.45) is 1.18. The van der Waals surface area contributed by atoms with Gasteiger partial charge in [0.1, 0.15) is 0 Å². The number of carbonyl (C=O) groups is 1. The zero-order chi connectivity index (χ0) is 13.5. The second kappa shape index (κ2) is 6.83. The highest BCUT2D eigenvalue weighted by atomic mass is 19.1. The van der Waals surface area contributed by atoms with Gasteiger partial charge in [0.25, 0.3) is 5.91 Å². The Bertz CT molecular complexity index is 410. The van der Waals surface area contributed by atoms with Gasteiger partial charge in [-0.15, -0.1) is 0 Å². The molecule has 1 amide bonds. The fraction of sp³-hybridized carbons (Fsp3) is 0.462. The number of carbonyl (C=O) groups excluding carboxylic acids is 1. The van der Waals surface area contributed by atoms with Crippen molar-refractivity contribution in [1.82, 2.24) is 5.32 Å². The molecule has 18 heavy (non-hydrogen) atoms. The summed E-state index contributed by atoms with van der Waals surface area (Å²) in [6, 6.07) is 4.11. The molecule has 0 aliphatic carbocycles. The number of nitrogen functional groups attached to an aromatic ring is 1. The van der Waals surface area contributed by atoms with Gasteiger partial charge in [-0.3, -0.25) is 4.79 Å². The molecule has 1 aromatic carbocycles. The maximum atomic E-state index is 13.4. The van der Waals surface area contributed by atoms with Crippen LogP contribution in [0.5, 0.6) is 5.75 Å². The molecule has 5 heteroatoms. The molecule has 4 nitrogen and oxygen atoms in total. The number of nitrogens with two attached hydrogens (primary N) is 1. The first kappa shape index (κ1) is 14.3. The van der Waals surface area contributed by atoms with Crippen molar-refractivity contribution in [2.75, 3.05) is 12.3 Å². The van der Waals surface area contributed by atoms with Crippen molar-refractivity contribution in [2.45, 2.75) is 32.8 Å². The molecule has 0 aliphatic heterocycles. The fourth-order valence-corrected chi connectivity index (χ4v) is 1.39. The Labute approximate surface area is 106 Å². The Morgan fingerprint density at radius 2 is 2.28 bits per heavy atom. The van der Waals surface area contributed by atoms with Crippen molar-refractivity contribution in [3.8, 4) is 5.75 Å². The lowest BCUT2D eigenvalue weighted by molar-refractivity contribution is -0.127. The van der Waals surface area contributed by atoms with Crippen LogP contribution in [0, 0.1) is 5.82 Å². The molecule has 0 fully saturated rings. The number of benzene rings is 1. The van der Waals surface area contributed by atoms with Crippen LogP contribution in [0.1, 0.15) is 26.7 Å². The number of hydrogen-bond acceptors (Lipinski definition) is 3. The van der Waals surface area contributed by atoms with Crippen LogP contribution >= 0.6 is 0 Å². The summed E-state index contributed by atoms with van der Waals surface area (Å²) >= 11 is 0. The highest BCUT2D eigenvalue weighted by Crippen LogP contribution is 2.20. The van der Waals surface area contributed by atoms with Gasteiger partial charge in [-0.05, 0) is 25.5 Å². The minimum absolute atomic E-state index is 0.0299. The topological polar surface area (TPSA) is 64.3 Å². The summed E-state index contributed by atoms with van der Waals surface area (Å²) < 4.78 is 18.7. The highest BCUT2D eigenvalue weighted by molar-refractivity contribution is 5.80. The molecule has 0 radical (unpaired) electrons. The summed E-state index contributed by atoms with van der Waals surface area (Å²) in [7, 11) is 0. The maximum Gasteiger partial charge on any atom is 0.260 e. The van der Waals surface area contributed by atoms with Crippen molar-refractivity contribution in [2.24, 2.45) is 0 Å². The van der Waals surface area contributed by atoms with Crippen LogP contribution in [0.3, 0.4) is 0 Å². The first-order chi connectivity index (χ1) is 8.54. The van der Waals surface area contributed by atoms with Crippen LogP contribution in [0.2, 0.25) is 0 Å². The van der Waals surface area contributed by atoms with E-state index in [1.807, 2.05) is 6.92 Å². The maximum absolute atomic E-state index is 13.4. The van der Waals surface area contributed by atoms with Gasteiger partial charge in [-0.1, -0.05) is 13.3 Å². The third-order valence-corrected chi connectivity index (χ3v) is 2.46. The van der Waals surface area contributed by atoms with Crippen molar-refractivity contribution < 1.29 is 13.9 Å². The first-order valence-corrected chi connectivity index (χ1v) is 6.04. The monoisotopic (exact) mass is 254 g/mol. The molecule has 0 heterocycles. The first-order valence-electron chi connectivity index (χ1n) is 6.04. The number of halogens is 1. The molecule has 0 saturated heterocycles. The Morgan fingerprint density at radius 3 is 2.89 bits per heavy atom. The van der Waals surface area contributed by atoms with Crippen LogP contribution in [0.15, 0.2) is 18.2 Å². The molecule has 1 rings (SSSR count). The molecule has 0 aliphatic rings. The Kier molecular flexibility index (Phi) is 5.42. The average Bonchev–Trinajstić information content (AvgIpc) is 2.32. The second-order valence-electron chi connectivity index (χ2n) is 4.09. The molecule has 100 valence electrons. The summed E-state index contributed by atoms with van der Waals surface area (Å²) in [5.74, 6) is -0.787. The lowest BCUT2D eigenvalue weighted by atomic mass is 10.3. The van der Waals surface area contributed by atoms with E-state index in [4.69, 9.17) is 10.5 Å². The van der Waals surface area contributed by atoms with Crippen LogP contribution in [0.25, 0.3) is 0 Å². The molecule has 1 unspecified atom stereocenters. The largest absolute Gasteiger partial charge is 0.478 e. The quantitative estimate of drug-likeness (QED) is 0.603. The number of amides is 1. The van der Waals surface area contributed by atoms with Gasteiger partial charge in [-0.25, -0.2) is 4.39 Å². The van der Waals surface area contributed by atoms with Crippen LogP contribution in [0.4, 0.5) is 10.1 Å². The number of unbranched alkanes of at least 4 members (excludes halogenated alkanes) is 1. The van der Waals surface area contributed by atoms with Crippen LogP contribution < -0.4 is 15.8 Å². The average molecular weight is 254 g/mol. The van der Waals surface area contributed by atoms with E-state index >= 15 is 0 Å². The number of ether oxygens (including phenoxy) is 1. The summed E-state index contributed by atoms with van der Waals surface area (Å²) in [4.78, 5) is 11.6. The Hall–Kier alpha value is -1.78. The second-order valence-corrected chi connectivity index (χ2v) is 4.09. The smallest absolute Gasteiger partial charge is 0.260 e. The molecular formula is C13H19FN2O2. The van der Waals surface area contributed by atoms with Crippen molar-refractivity contribution >= 4 is 11.6 Å². The van der Waals surface area contributed by atoms with Crippen molar-refractivity contribution in [3.63, 3.8) is 0 Å². The van der Waals surface area contributed by atoms with Crippen molar-refractivity contribution in [1.29, 1.82) is 0 Å². The summed E-state index contributed by atoms with van der Waals surface area (Å²) in [5, 5.41) is 2.72. The van der Waals surface area contributed by atoms with E-state index in [0.29, 0.717) is 12.2 Å². The number of nitrogens with one attached hydrogen (secondary N) is 1. The third kappa shape index (κ3) is 4.24. The van der Waals surface area contributed by atoms with E-state index in [9.17, 15) is 9.18 Å². The number of hydrogen-bond donors (Lipinski definition) is 2. The van der Waals surface area contributed by atoms with Crippen molar-refractivity contribution in [3.05, 3.63) is 24.0 Å². The Balaban J connectivity index is 2.53. The predicted octanol–water partition coefficient (Wildman–Crippen LogP) is 2.09.